The molecule has 0 saturated heterocycles. The maximum Gasteiger partial charge on any atom is 0.261 e. The number of anilines is 2. The summed E-state index contributed by atoms with van der Waals surface area (Å²) in [7, 11) is 3.78. The van der Waals surface area contributed by atoms with E-state index in [2.05, 4.69) is 21.2 Å². The van der Waals surface area contributed by atoms with Crippen LogP contribution in [0.15, 0.2) is 40.9 Å². The summed E-state index contributed by atoms with van der Waals surface area (Å²) in [5.74, 6) is -2.65. The van der Waals surface area contributed by atoms with Gasteiger partial charge in [-0.15, -0.1) is 0 Å². The molecule has 0 aliphatic carbocycles. The summed E-state index contributed by atoms with van der Waals surface area (Å²) in [4.78, 5) is 13.9. The molecule has 0 saturated carbocycles. The molecule has 6 heteroatoms. The van der Waals surface area contributed by atoms with Gasteiger partial charge in [-0.05, 0) is 36.4 Å². The van der Waals surface area contributed by atoms with E-state index in [1.807, 2.05) is 19.0 Å². The predicted octanol–water partition coefficient (Wildman–Crippen LogP) is 4.05. The van der Waals surface area contributed by atoms with Gasteiger partial charge < -0.3 is 10.2 Å². The third-order valence-electron chi connectivity index (χ3n) is 2.88. The fraction of sp³-hybridized carbons (Fsp3) is 0.133. The molecule has 0 fully saturated rings. The molecule has 0 bridgehead atoms. The molecular formula is C15H13BrF2N2O. The van der Waals surface area contributed by atoms with Crippen molar-refractivity contribution < 1.29 is 13.6 Å². The van der Waals surface area contributed by atoms with E-state index in [-0.39, 0.29) is 4.47 Å². The van der Waals surface area contributed by atoms with Crippen LogP contribution in [0.5, 0.6) is 0 Å². The van der Waals surface area contributed by atoms with Gasteiger partial charge in [0, 0.05) is 29.9 Å². The van der Waals surface area contributed by atoms with Gasteiger partial charge in [0.25, 0.3) is 5.91 Å². The van der Waals surface area contributed by atoms with E-state index in [1.54, 1.807) is 24.3 Å². The van der Waals surface area contributed by atoms with Gasteiger partial charge in [-0.1, -0.05) is 15.9 Å². The Kier molecular flexibility index (Phi) is 4.57. The van der Waals surface area contributed by atoms with Gasteiger partial charge in [-0.3, -0.25) is 4.79 Å². The lowest BCUT2D eigenvalue weighted by molar-refractivity contribution is 0.101. The van der Waals surface area contributed by atoms with Crippen LogP contribution in [-0.4, -0.2) is 20.0 Å². The first kappa shape index (κ1) is 15.4. The highest BCUT2D eigenvalue weighted by molar-refractivity contribution is 9.10. The molecule has 0 unspecified atom stereocenters. The quantitative estimate of drug-likeness (QED) is 0.901. The Balaban J connectivity index is 2.22. The van der Waals surface area contributed by atoms with Gasteiger partial charge in [0.1, 0.15) is 17.2 Å². The zero-order valence-corrected chi connectivity index (χ0v) is 13.0. The van der Waals surface area contributed by atoms with Crippen molar-refractivity contribution in [3.05, 3.63) is 58.1 Å². The van der Waals surface area contributed by atoms with E-state index in [0.717, 1.165) is 17.8 Å². The van der Waals surface area contributed by atoms with Crippen LogP contribution < -0.4 is 10.2 Å². The number of amides is 1. The molecule has 110 valence electrons. The summed E-state index contributed by atoms with van der Waals surface area (Å²) in [6.07, 6.45) is 0. The molecule has 2 rings (SSSR count). The SMILES string of the molecule is CN(C)c1ccc(NC(=O)c2c(F)cc(Br)cc2F)cc1. The molecule has 1 N–H and O–H groups in total. The number of hydrogen-bond donors (Lipinski definition) is 1. The summed E-state index contributed by atoms with van der Waals surface area (Å²) in [5.41, 5.74) is 0.816. The third kappa shape index (κ3) is 3.58. The third-order valence-corrected chi connectivity index (χ3v) is 3.33. The standard InChI is InChI=1S/C15H13BrF2N2O/c1-20(2)11-5-3-10(4-6-11)19-15(21)14-12(17)7-9(16)8-13(14)18/h3-8H,1-2H3,(H,19,21). The minimum atomic E-state index is -0.913. The average Bonchev–Trinajstić information content (AvgIpc) is 2.37. The van der Waals surface area contributed by atoms with Crippen LogP contribution in [0.25, 0.3) is 0 Å². The highest BCUT2D eigenvalue weighted by atomic mass is 79.9. The van der Waals surface area contributed by atoms with Crippen molar-refractivity contribution in [3.63, 3.8) is 0 Å². The number of halogens is 3. The first-order valence-corrected chi connectivity index (χ1v) is 6.91. The molecule has 2 aromatic rings. The summed E-state index contributed by atoms with van der Waals surface area (Å²) < 4.78 is 27.6. The van der Waals surface area contributed by atoms with Gasteiger partial charge in [0.2, 0.25) is 0 Å². The summed E-state index contributed by atoms with van der Waals surface area (Å²) >= 11 is 2.97. The molecule has 0 aliphatic rings. The number of carbonyl (C=O) groups excluding carboxylic acids is 1. The van der Waals surface area contributed by atoms with E-state index in [4.69, 9.17) is 0 Å². The van der Waals surface area contributed by atoms with Crippen molar-refractivity contribution in [2.75, 3.05) is 24.3 Å². The van der Waals surface area contributed by atoms with E-state index >= 15 is 0 Å². The van der Waals surface area contributed by atoms with Gasteiger partial charge in [0.15, 0.2) is 0 Å². The van der Waals surface area contributed by atoms with Crippen LogP contribution in [0, 0.1) is 11.6 Å². The smallest absolute Gasteiger partial charge is 0.261 e. The molecule has 0 atom stereocenters. The molecule has 21 heavy (non-hydrogen) atoms. The Morgan fingerprint density at radius 2 is 1.62 bits per heavy atom. The Bertz CT molecular complexity index is 649. The van der Waals surface area contributed by atoms with Gasteiger partial charge in [-0.2, -0.15) is 0 Å². The van der Waals surface area contributed by atoms with E-state index in [9.17, 15) is 13.6 Å². The summed E-state index contributed by atoms with van der Waals surface area (Å²) in [6, 6.07) is 9.03. The first-order valence-electron chi connectivity index (χ1n) is 6.12. The van der Waals surface area contributed by atoms with Crippen LogP contribution in [-0.2, 0) is 0 Å². The number of nitrogens with one attached hydrogen (secondary N) is 1. The zero-order valence-electron chi connectivity index (χ0n) is 11.5. The Labute approximate surface area is 129 Å². The number of carbonyl (C=O) groups is 1. The van der Waals surface area contributed by atoms with Crippen molar-refractivity contribution in [2.24, 2.45) is 0 Å². The highest BCUT2D eigenvalue weighted by Crippen LogP contribution is 2.21. The lowest BCUT2D eigenvalue weighted by Crippen LogP contribution is -2.16. The lowest BCUT2D eigenvalue weighted by atomic mass is 10.1. The molecule has 0 heterocycles. The maximum absolute atomic E-state index is 13.7. The topological polar surface area (TPSA) is 32.3 Å². The van der Waals surface area contributed by atoms with Crippen LogP contribution in [0.4, 0.5) is 20.2 Å². The number of benzene rings is 2. The second-order valence-electron chi connectivity index (χ2n) is 4.64. The van der Waals surface area contributed by atoms with Crippen molar-refractivity contribution in [1.82, 2.24) is 0 Å². The number of hydrogen-bond acceptors (Lipinski definition) is 2. The molecule has 0 aliphatic heterocycles. The number of rotatable bonds is 3. The second-order valence-corrected chi connectivity index (χ2v) is 5.56. The molecule has 3 nitrogen and oxygen atoms in total. The summed E-state index contributed by atoms with van der Waals surface area (Å²) in [5, 5.41) is 2.47. The number of nitrogens with zero attached hydrogens (tertiary/aromatic N) is 1. The van der Waals surface area contributed by atoms with Crippen molar-refractivity contribution in [2.45, 2.75) is 0 Å². The zero-order chi connectivity index (χ0) is 15.6. The maximum atomic E-state index is 13.7. The fourth-order valence-electron chi connectivity index (χ4n) is 1.80. The van der Waals surface area contributed by atoms with Gasteiger partial charge >= 0.3 is 0 Å². The fourth-order valence-corrected chi connectivity index (χ4v) is 2.20. The molecule has 0 spiro atoms. The van der Waals surface area contributed by atoms with Gasteiger partial charge in [0.05, 0.1) is 0 Å². The monoisotopic (exact) mass is 354 g/mol. The lowest BCUT2D eigenvalue weighted by Gasteiger charge is -2.13. The van der Waals surface area contributed by atoms with Gasteiger partial charge in [-0.25, -0.2) is 8.78 Å². The first-order chi connectivity index (χ1) is 9.88. The highest BCUT2D eigenvalue weighted by Gasteiger charge is 2.18. The van der Waals surface area contributed by atoms with E-state index < -0.39 is 23.1 Å². The van der Waals surface area contributed by atoms with Crippen molar-refractivity contribution in [1.29, 1.82) is 0 Å². The van der Waals surface area contributed by atoms with Crippen LogP contribution >= 0.6 is 15.9 Å². The van der Waals surface area contributed by atoms with Crippen molar-refractivity contribution in [3.8, 4) is 0 Å². The van der Waals surface area contributed by atoms with E-state index in [0.29, 0.717) is 5.69 Å². The molecule has 0 aromatic heterocycles. The van der Waals surface area contributed by atoms with Crippen LogP contribution in [0.3, 0.4) is 0 Å². The Hall–Kier alpha value is -1.95. The Morgan fingerprint density at radius 3 is 2.10 bits per heavy atom. The predicted molar refractivity (Wildman–Crippen MR) is 82.8 cm³/mol. The van der Waals surface area contributed by atoms with Crippen LogP contribution in [0.1, 0.15) is 10.4 Å². The molecule has 0 radical (unpaired) electrons. The van der Waals surface area contributed by atoms with Crippen LogP contribution in [0.2, 0.25) is 0 Å². The largest absolute Gasteiger partial charge is 0.378 e. The summed E-state index contributed by atoms with van der Waals surface area (Å²) in [6.45, 7) is 0. The minimum absolute atomic E-state index is 0.240. The van der Waals surface area contributed by atoms with E-state index in [1.165, 1.54) is 0 Å². The molecule has 1 amide bonds. The normalized spacial score (nSPS) is 10.3. The molecular weight excluding hydrogens is 342 g/mol. The van der Waals surface area contributed by atoms with Crippen molar-refractivity contribution >= 4 is 33.2 Å². The second kappa shape index (κ2) is 6.22. The Morgan fingerprint density at radius 1 is 1.10 bits per heavy atom. The molecule has 2 aromatic carbocycles. The minimum Gasteiger partial charge on any atom is -0.378 e. The average molecular weight is 355 g/mol.